The van der Waals surface area contributed by atoms with Gasteiger partial charge in [-0.05, 0) is 41.8 Å². The van der Waals surface area contributed by atoms with Gasteiger partial charge in [0, 0.05) is 29.9 Å². The van der Waals surface area contributed by atoms with E-state index >= 15 is 0 Å². The van der Waals surface area contributed by atoms with Gasteiger partial charge in [-0.1, -0.05) is 43.7 Å². The van der Waals surface area contributed by atoms with Crippen molar-refractivity contribution < 1.29 is 4.74 Å². The SMILES string of the molecule is CCCCNc1ccc(-c2ccccc2)c(Oc2ccc3nnc(Cl)n3n2)c1. The van der Waals surface area contributed by atoms with Crippen LogP contribution in [0.15, 0.2) is 60.7 Å². The van der Waals surface area contributed by atoms with Crippen LogP contribution in [0.4, 0.5) is 5.69 Å². The van der Waals surface area contributed by atoms with Crippen molar-refractivity contribution in [3.8, 4) is 22.8 Å². The molecule has 0 radical (unpaired) electrons. The molecule has 0 fully saturated rings. The summed E-state index contributed by atoms with van der Waals surface area (Å²) in [6, 6.07) is 19.8. The number of fused-ring (bicyclic) bond motifs is 1. The maximum atomic E-state index is 6.16. The first kappa shape index (κ1) is 18.3. The minimum atomic E-state index is 0.193. The number of rotatable bonds is 7. The molecule has 0 spiro atoms. The number of halogens is 1. The van der Waals surface area contributed by atoms with Crippen LogP contribution in [0.25, 0.3) is 16.8 Å². The van der Waals surface area contributed by atoms with Crippen LogP contribution in [-0.4, -0.2) is 26.4 Å². The molecule has 1 N–H and O–H groups in total. The summed E-state index contributed by atoms with van der Waals surface area (Å²) >= 11 is 6.03. The van der Waals surface area contributed by atoms with E-state index in [-0.39, 0.29) is 5.28 Å². The molecule has 6 nitrogen and oxygen atoms in total. The summed E-state index contributed by atoms with van der Waals surface area (Å²) in [6.45, 7) is 3.09. The molecule has 2 heterocycles. The van der Waals surface area contributed by atoms with Crippen LogP contribution in [0.1, 0.15) is 19.8 Å². The van der Waals surface area contributed by atoms with Gasteiger partial charge in [-0.3, -0.25) is 0 Å². The van der Waals surface area contributed by atoms with E-state index in [2.05, 4.69) is 51.8 Å². The van der Waals surface area contributed by atoms with Gasteiger partial charge in [0.2, 0.25) is 11.2 Å². The lowest BCUT2D eigenvalue weighted by atomic mass is 10.0. The number of hydrogen-bond acceptors (Lipinski definition) is 5. The zero-order valence-corrected chi connectivity index (χ0v) is 16.2. The van der Waals surface area contributed by atoms with Crippen molar-refractivity contribution in [2.75, 3.05) is 11.9 Å². The molecule has 4 rings (SSSR count). The Bertz CT molecular complexity index is 1080. The summed E-state index contributed by atoms with van der Waals surface area (Å²) in [6.07, 6.45) is 2.25. The first-order valence-corrected chi connectivity index (χ1v) is 9.61. The fraction of sp³-hybridized carbons (Fsp3) is 0.190. The van der Waals surface area contributed by atoms with E-state index in [4.69, 9.17) is 16.3 Å². The number of hydrogen-bond donors (Lipinski definition) is 1. The Labute approximate surface area is 168 Å². The second-order valence-electron chi connectivity index (χ2n) is 6.37. The van der Waals surface area contributed by atoms with E-state index in [9.17, 15) is 0 Å². The third-order valence-corrected chi connectivity index (χ3v) is 4.58. The van der Waals surface area contributed by atoms with E-state index in [1.807, 2.05) is 24.3 Å². The van der Waals surface area contributed by atoms with Crippen molar-refractivity contribution in [3.05, 3.63) is 65.9 Å². The molecule has 7 heteroatoms. The van der Waals surface area contributed by atoms with Crippen molar-refractivity contribution in [2.45, 2.75) is 19.8 Å². The zero-order chi connectivity index (χ0) is 19.3. The molecule has 142 valence electrons. The third-order valence-electron chi connectivity index (χ3n) is 4.34. The number of benzene rings is 2. The summed E-state index contributed by atoms with van der Waals surface area (Å²) in [5.41, 5.74) is 3.63. The molecule has 0 saturated heterocycles. The highest BCUT2D eigenvalue weighted by Gasteiger charge is 2.12. The standard InChI is InChI=1S/C21H20ClN5O/c1-2-3-13-23-16-9-10-17(15-7-5-4-6-8-15)18(14-16)28-20-12-11-19-24-25-21(22)27(19)26-20/h4-12,14,23H,2-3,13H2,1H3. The highest BCUT2D eigenvalue weighted by atomic mass is 35.5. The molecule has 0 atom stereocenters. The molecule has 2 aromatic heterocycles. The van der Waals surface area contributed by atoms with Gasteiger partial charge in [-0.2, -0.15) is 4.52 Å². The van der Waals surface area contributed by atoms with Gasteiger partial charge in [0.15, 0.2) is 5.65 Å². The number of ether oxygens (including phenoxy) is 1. The Hall–Kier alpha value is -3.12. The van der Waals surface area contributed by atoms with Crippen LogP contribution in [0.2, 0.25) is 5.28 Å². The number of nitrogens with zero attached hydrogens (tertiary/aromatic N) is 4. The summed E-state index contributed by atoms with van der Waals surface area (Å²) in [5.74, 6) is 1.13. The Morgan fingerprint density at radius 2 is 1.89 bits per heavy atom. The lowest BCUT2D eigenvalue weighted by Gasteiger charge is -2.14. The Balaban J connectivity index is 1.70. The Morgan fingerprint density at radius 1 is 1.04 bits per heavy atom. The second-order valence-corrected chi connectivity index (χ2v) is 6.71. The maximum absolute atomic E-state index is 6.16. The number of aromatic nitrogens is 4. The Kier molecular flexibility index (Phi) is 5.39. The van der Waals surface area contributed by atoms with E-state index in [0.717, 1.165) is 36.2 Å². The summed E-state index contributed by atoms with van der Waals surface area (Å²) in [4.78, 5) is 0. The van der Waals surface area contributed by atoms with Gasteiger partial charge < -0.3 is 10.1 Å². The van der Waals surface area contributed by atoms with Crippen molar-refractivity contribution in [1.82, 2.24) is 19.8 Å². The average Bonchev–Trinajstić information content (AvgIpc) is 3.09. The highest BCUT2D eigenvalue weighted by molar-refractivity contribution is 6.28. The molecular formula is C21H20ClN5O. The molecule has 0 amide bonds. The van der Waals surface area contributed by atoms with Gasteiger partial charge in [0.05, 0.1) is 0 Å². The molecule has 28 heavy (non-hydrogen) atoms. The highest BCUT2D eigenvalue weighted by Crippen LogP contribution is 2.35. The predicted molar refractivity (Wildman–Crippen MR) is 111 cm³/mol. The lowest BCUT2D eigenvalue weighted by molar-refractivity contribution is 0.454. The quantitative estimate of drug-likeness (QED) is 0.423. The van der Waals surface area contributed by atoms with Crippen LogP contribution in [0.3, 0.4) is 0 Å². The van der Waals surface area contributed by atoms with Gasteiger partial charge in [-0.25, -0.2) is 0 Å². The minimum Gasteiger partial charge on any atom is -0.437 e. The molecule has 0 aliphatic rings. The Morgan fingerprint density at radius 3 is 2.71 bits per heavy atom. The smallest absolute Gasteiger partial charge is 0.246 e. The third kappa shape index (κ3) is 3.92. The van der Waals surface area contributed by atoms with Crippen molar-refractivity contribution in [1.29, 1.82) is 0 Å². The molecular weight excluding hydrogens is 374 g/mol. The summed E-state index contributed by atoms with van der Waals surface area (Å²) in [5, 5.41) is 15.8. The van der Waals surface area contributed by atoms with Gasteiger partial charge in [-0.15, -0.1) is 15.3 Å². The fourth-order valence-electron chi connectivity index (χ4n) is 2.90. The molecule has 0 aliphatic carbocycles. The van der Waals surface area contributed by atoms with Crippen molar-refractivity contribution in [2.24, 2.45) is 0 Å². The van der Waals surface area contributed by atoms with E-state index in [0.29, 0.717) is 17.3 Å². The number of anilines is 1. The van der Waals surface area contributed by atoms with Crippen LogP contribution < -0.4 is 10.1 Å². The van der Waals surface area contributed by atoms with E-state index in [1.54, 1.807) is 12.1 Å². The van der Waals surface area contributed by atoms with Gasteiger partial charge in [0.25, 0.3) is 0 Å². The number of unbranched alkanes of at least 4 members (excludes halogenated alkanes) is 1. The maximum Gasteiger partial charge on any atom is 0.246 e. The van der Waals surface area contributed by atoms with Gasteiger partial charge in [0.1, 0.15) is 5.75 Å². The average molecular weight is 394 g/mol. The van der Waals surface area contributed by atoms with Gasteiger partial charge >= 0.3 is 0 Å². The van der Waals surface area contributed by atoms with Crippen LogP contribution in [-0.2, 0) is 0 Å². The van der Waals surface area contributed by atoms with E-state index in [1.165, 1.54) is 4.52 Å². The topological polar surface area (TPSA) is 64.3 Å². The van der Waals surface area contributed by atoms with Crippen molar-refractivity contribution in [3.63, 3.8) is 0 Å². The molecule has 2 aromatic carbocycles. The van der Waals surface area contributed by atoms with Crippen LogP contribution >= 0.6 is 11.6 Å². The van der Waals surface area contributed by atoms with Crippen molar-refractivity contribution >= 4 is 22.9 Å². The summed E-state index contributed by atoms with van der Waals surface area (Å²) in [7, 11) is 0. The predicted octanol–water partition coefficient (Wildman–Crippen LogP) is 5.45. The molecule has 0 unspecified atom stereocenters. The largest absolute Gasteiger partial charge is 0.437 e. The van der Waals surface area contributed by atoms with Crippen LogP contribution in [0.5, 0.6) is 11.6 Å². The second kappa shape index (κ2) is 8.27. The number of nitrogens with one attached hydrogen (secondary N) is 1. The molecule has 0 bridgehead atoms. The normalized spacial score (nSPS) is 10.9. The fourth-order valence-corrected chi connectivity index (χ4v) is 3.06. The molecule has 0 saturated carbocycles. The lowest BCUT2D eigenvalue weighted by Crippen LogP contribution is -2.02. The van der Waals surface area contributed by atoms with E-state index < -0.39 is 0 Å². The zero-order valence-electron chi connectivity index (χ0n) is 15.5. The molecule has 0 aliphatic heterocycles. The minimum absolute atomic E-state index is 0.193. The first-order chi connectivity index (χ1) is 13.7. The van der Waals surface area contributed by atoms with Crippen LogP contribution in [0, 0.1) is 0 Å². The monoisotopic (exact) mass is 393 g/mol. The first-order valence-electron chi connectivity index (χ1n) is 9.24. The molecule has 4 aromatic rings. The summed E-state index contributed by atoms with van der Waals surface area (Å²) < 4.78 is 7.60.